The second-order valence-electron chi connectivity index (χ2n) is 9.05. The Balaban J connectivity index is 2.42. The van der Waals surface area contributed by atoms with Gasteiger partial charge in [-0.15, -0.1) is 0 Å². The molecule has 0 radical (unpaired) electrons. The number of amides is 1. The molecule has 1 unspecified atom stereocenters. The van der Waals surface area contributed by atoms with Crippen molar-refractivity contribution in [3.63, 3.8) is 0 Å². The van der Waals surface area contributed by atoms with Gasteiger partial charge in [-0.05, 0) is 36.1 Å². The van der Waals surface area contributed by atoms with Gasteiger partial charge >= 0.3 is 6.09 Å². The number of nitrogen functional groups attached to an aromatic ring is 1. The average molecular weight is 489 g/mol. The van der Waals surface area contributed by atoms with E-state index in [1.165, 1.54) is 25.1 Å². The van der Waals surface area contributed by atoms with Crippen LogP contribution in [0, 0.1) is 16.7 Å². The van der Waals surface area contributed by atoms with Crippen molar-refractivity contribution in [1.82, 2.24) is 10.6 Å². The van der Waals surface area contributed by atoms with Crippen molar-refractivity contribution in [2.75, 3.05) is 12.3 Å². The van der Waals surface area contributed by atoms with Crippen LogP contribution in [0.4, 0.5) is 10.5 Å². The first kappa shape index (κ1) is 27.1. The van der Waals surface area contributed by atoms with Crippen LogP contribution < -0.4 is 16.4 Å². The summed E-state index contributed by atoms with van der Waals surface area (Å²) in [5.41, 5.74) is 4.30. The van der Waals surface area contributed by atoms with E-state index in [4.69, 9.17) is 5.73 Å². The number of aliphatic hydroxyl groups is 1. The van der Waals surface area contributed by atoms with Crippen molar-refractivity contribution in [2.24, 2.45) is 5.41 Å². The van der Waals surface area contributed by atoms with E-state index in [9.17, 15) is 28.7 Å². The molecule has 0 aliphatic carbocycles. The van der Waals surface area contributed by atoms with Crippen LogP contribution in [0.15, 0.2) is 59.5 Å². The first-order chi connectivity index (χ1) is 15.8. The van der Waals surface area contributed by atoms with E-state index in [1.54, 1.807) is 44.2 Å². The molecule has 0 saturated heterocycles. The minimum Gasteiger partial charge on any atom is -0.465 e. The highest BCUT2D eigenvalue weighted by Crippen LogP contribution is 2.34. The standard InChI is InChI=1S/C24H32N4O5S/c1-17(29)24(28-22(30)31,15-18-8-5-4-6-9-18)27-16-23(2,3)21(12-13-25)34(32,33)20-11-7-10-19(26)14-20/h4-11,14,17,21,27-29H,12,15-16,26H2,1-3H3,(H,30,31)/t17-,21?,24+/m1/s1. The summed E-state index contributed by atoms with van der Waals surface area (Å²) in [6, 6.07) is 16.9. The van der Waals surface area contributed by atoms with Crippen LogP contribution in [-0.4, -0.2) is 48.3 Å². The predicted octanol–water partition coefficient (Wildman–Crippen LogP) is 2.53. The number of aliphatic hydroxyl groups excluding tert-OH is 1. The van der Waals surface area contributed by atoms with E-state index in [1.807, 2.05) is 12.1 Å². The third-order valence-corrected chi connectivity index (χ3v) is 8.40. The van der Waals surface area contributed by atoms with Crippen LogP contribution in [0.3, 0.4) is 0 Å². The van der Waals surface area contributed by atoms with Gasteiger partial charge in [-0.3, -0.25) is 5.32 Å². The molecule has 0 aliphatic rings. The summed E-state index contributed by atoms with van der Waals surface area (Å²) in [7, 11) is -3.96. The number of nitrogens with one attached hydrogen (secondary N) is 2. The molecule has 6 N–H and O–H groups in total. The van der Waals surface area contributed by atoms with E-state index < -0.39 is 38.4 Å². The van der Waals surface area contributed by atoms with Crippen molar-refractivity contribution in [1.29, 1.82) is 5.26 Å². The van der Waals surface area contributed by atoms with E-state index >= 15 is 0 Å². The van der Waals surface area contributed by atoms with Crippen LogP contribution in [0.5, 0.6) is 0 Å². The molecule has 1 amide bonds. The zero-order valence-electron chi connectivity index (χ0n) is 19.5. The summed E-state index contributed by atoms with van der Waals surface area (Å²) in [5.74, 6) is 0. The van der Waals surface area contributed by atoms with Gasteiger partial charge in [0.15, 0.2) is 9.84 Å². The van der Waals surface area contributed by atoms with Crippen molar-refractivity contribution < 1.29 is 23.4 Å². The Kier molecular flexibility index (Phi) is 8.66. The highest BCUT2D eigenvalue weighted by molar-refractivity contribution is 7.92. The lowest BCUT2D eigenvalue weighted by molar-refractivity contribution is 0.0414. The number of nitrogens with two attached hydrogens (primary N) is 1. The summed E-state index contributed by atoms with van der Waals surface area (Å²) >= 11 is 0. The molecule has 0 bridgehead atoms. The molecule has 2 aromatic rings. The molecule has 0 fully saturated rings. The Morgan fingerprint density at radius 3 is 2.35 bits per heavy atom. The second-order valence-corrected chi connectivity index (χ2v) is 11.2. The van der Waals surface area contributed by atoms with Crippen LogP contribution >= 0.6 is 0 Å². The van der Waals surface area contributed by atoms with Gasteiger partial charge in [-0.1, -0.05) is 50.2 Å². The van der Waals surface area contributed by atoms with Crippen LogP contribution in [0.2, 0.25) is 0 Å². The van der Waals surface area contributed by atoms with Crippen molar-refractivity contribution in [3.8, 4) is 6.07 Å². The molecule has 184 valence electrons. The zero-order valence-corrected chi connectivity index (χ0v) is 20.3. The van der Waals surface area contributed by atoms with Gasteiger partial charge in [-0.25, -0.2) is 13.2 Å². The highest BCUT2D eigenvalue weighted by Gasteiger charge is 2.44. The number of hydrogen-bond donors (Lipinski definition) is 5. The number of carboxylic acid groups (broad SMARTS) is 1. The van der Waals surface area contributed by atoms with Gasteiger partial charge in [0.1, 0.15) is 5.66 Å². The molecule has 0 aliphatic heterocycles. The molecule has 2 aromatic carbocycles. The first-order valence-corrected chi connectivity index (χ1v) is 12.3. The fourth-order valence-corrected chi connectivity index (χ4v) is 6.02. The maximum atomic E-state index is 13.5. The first-order valence-electron chi connectivity index (χ1n) is 10.8. The molecule has 2 rings (SSSR count). The van der Waals surface area contributed by atoms with Crippen molar-refractivity contribution >= 4 is 21.6 Å². The van der Waals surface area contributed by atoms with Crippen molar-refractivity contribution in [2.45, 2.75) is 55.5 Å². The van der Waals surface area contributed by atoms with Crippen LogP contribution in [0.1, 0.15) is 32.8 Å². The molecule has 0 aromatic heterocycles. The Bertz CT molecular complexity index is 1130. The molecule has 9 nitrogen and oxygen atoms in total. The number of benzene rings is 2. The lowest BCUT2D eigenvalue weighted by atomic mass is 9.85. The molecule has 3 atom stereocenters. The maximum Gasteiger partial charge on any atom is 0.406 e. The van der Waals surface area contributed by atoms with E-state index in [0.29, 0.717) is 0 Å². The Morgan fingerprint density at radius 1 is 1.18 bits per heavy atom. The molecular formula is C24H32N4O5S. The lowest BCUT2D eigenvalue weighted by Gasteiger charge is -2.42. The van der Waals surface area contributed by atoms with Gasteiger partial charge in [0.2, 0.25) is 0 Å². The minimum absolute atomic E-state index is 0.00978. The molecular weight excluding hydrogens is 456 g/mol. The third-order valence-electron chi connectivity index (χ3n) is 5.94. The van der Waals surface area contributed by atoms with E-state index in [-0.39, 0.29) is 30.0 Å². The Morgan fingerprint density at radius 2 is 1.82 bits per heavy atom. The number of sulfone groups is 1. The van der Waals surface area contributed by atoms with Gasteiger partial charge in [0, 0.05) is 18.7 Å². The van der Waals surface area contributed by atoms with Crippen molar-refractivity contribution in [3.05, 3.63) is 60.2 Å². The molecule has 0 spiro atoms. The van der Waals surface area contributed by atoms with Crippen LogP contribution in [-0.2, 0) is 16.3 Å². The molecule has 34 heavy (non-hydrogen) atoms. The zero-order chi connectivity index (χ0) is 25.6. The second kappa shape index (κ2) is 10.9. The van der Waals surface area contributed by atoms with Gasteiger partial charge in [0.25, 0.3) is 0 Å². The molecule has 0 saturated carbocycles. The van der Waals surface area contributed by atoms with E-state index in [2.05, 4.69) is 10.6 Å². The minimum atomic E-state index is -3.96. The van der Waals surface area contributed by atoms with Gasteiger partial charge in [0.05, 0.1) is 28.7 Å². The van der Waals surface area contributed by atoms with E-state index in [0.717, 1.165) is 5.56 Å². The summed E-state index contributed by atoms with van der Waals surface area (Å²) < 4.78 is 26.9. The number of hydrogen-bond acceptors (Lipinski definition) is 7. The Hall–Kier alpha value is -3.13. The monoisotopic (exact) mass is 488 g/mol. The fourth-order valence-electron chi connectivity index (χ4n) is 3.90. The number of carbonyl (C=O) groups is 1. The smallest absolute Gasteiger partial charge is 0.406 e. The summed E-state index contributed by atoms with van der Waals surface area (Å²) in [6.07, 6.45) is -2.68. The number of nitrogens with zero attached hydrogens (tertiary/aromatic N) is 1. The van der Waals surface area contributed by atoms with Gasteiger partial charge in [-0.2, -0.15) is 5.26 Å². The van der Waals surface area contributed by atoms with Crippen LogP contribution in [0.25, 0.3) is 0 Å². The SMILES string of the molecule is C[C@@H](O)[C@@](Cc1ccccc1)(NCC(C)(C)C(CC#N)S(=O)(=O)c1cccc(N)c1)NC(=O)O. The molecule has 10 heteroatoms. The maximum absolute atomic E-state index is 13.5. The molecule has 0 heterocycles. The third kappa shape index (κ3) is 6.47. The quantitative estimate of drug-likeness (QED) is 0.238. The predicted molar refractivity (Wildman–Crippen MR) is 130 cm³/mol. The average Bonchev–Trinajstić information content (AvgIpc) is 2.76. The van der Waals surface area contributed by atoms with Gasteiger partial charge < -0.3 is 21.3 Å². The fraction of sp³-hybridized carbons (Fsp3) is 0.417. The number of rotatable bonds is 11. The Labute approximate surface area is 200 Å². The largest absolute Gasteiger partial charge is 0.465 e. The normalized spacial score (nSPS) is 15.5. The number of anilines is 1. The number of nitriles is 1. The topological polar surface area (TPSA) is 166 Å². The summed E-state index contributed by atoms with van der Waals surface area (Å²) in [5, 5.41) is 33.9. The summed E-state index contributed by atoms with van der Waals surface area (Å²) in [4.78, 5) is 11.6. The highest BCUT2D eigenvalue weighted by atomic mass is 32.2. The lowest BCUT2D eigenvalue weighted by Crippen LogP contribution is -2.68. The summed E-state index contributed by atoms with van der Waals surface area (Å²) in [6.45, 7) is 4.80.